The Bertz CT molecular complexity index is 1070. The van der Waals surface area contributed by atoms with E-state index in [2.05, 4.69) is 15.0 Å². The molecule has 1 amide bonds. The minimum absolute atomic E-state index is 0.229. The van der Waals surface area contributed by atoms with Gasteiger partial charge in [0.15, 0.2) is 0 Å². The van der Waals surface area contributed by atoms with Gasteiger partial charge in [-0.15, -0.1) is 11.3 Å². The second kappa shape index (κ2) is 8.81. The Labute approximate surface area is 168 Å². The van der Waals surface area contributed by atoms with Gasteiger partial charge in [-0.2, -0.15) is 0 Å². The molecule has 0 saturated heterocycles. The number of carbonyl (C=O) groups is 1. The summed E-state index contributed by atoms with van der Waals surface area (Å²) in [7, 11) is -3.30. The van der Waals surface area contributed by atoms with Crippen molar-refractivity contribution in [2.45, 2.75) is 6.54 Å². The molecule has 0 fully saturated rings. The monoisotopic (exact) mass is 413 g/mol. The Morgan fingerprint density at radius 1 is 1.11 bits per heavy atom. The summed E-state index contributed by atoms with van der Waals surface area (Å²) in [4.78, 5) is 16.5. The van der Waals surface area contributed by atoms with Crippen LogP contribution in [0.1, 0.15) is 11.3 Å². The first-order valence-corrected chi connectivity index (χ1v) is 11.2. The first kappa shape index (κ1) is 19.8. The van der Waals surface area contributed by atoms with Crippen LogP contribution in [-0.2, 0) is 21.4 Å². The molecule has 0 bridgehead atoms. The predicted molar refractivity (Wildman–Crippen MR) is 113 cm³/mol. The van der Waals surface area contributed by atoms with Crippen LogP contribution in [0.5, 0.6) is 0 Å². The molecule has 3 aromatic rings. The molecule has 0 aliphatic rings. The Kier molecular flexibility index (Phi) is 6.23. The summed E-state index contributed by atoms with van der Waals surface area (Å²) in [5.41, 5.74) is 3.12. The fourth-order valence-corrected chi connectivity index (χ4v) is 3.78. The largest absolute Gasteiger partial charge is 0.347 e. The fraction of sp³-hybridized carbons (Fsp3) is 0.100. The number of sulfonamides is 1. The Morgan fingerprint density at radius 2 is 1.82 bits per heavy atom. The number of rotatable bonds is 7. The number of nitrogens with zero attached hydrogens (tertiary/aromatic N) is 1. The van der Waals surface area contributed by atoms with Crippen molar-refractivity contribution in [3.63, 3.8) is 0 Å². The van der Waals surface area contributed by atoms with E-state index < -0.39 is 10.0 Å². The lowest BCUT2D eigenvalue weighted by atomic mass is 10.2. The van der Waals surface area contributed by atoms with Crippen LogP contribution in [-0.4, -0.2) is 25.6 Å². The van der Waals surface area contributed by atoms with Crippen LogP contribution in [0, 0.1) is 0 Å². The minimum atomic E-state index is -3.30. The maximum atomic E-state index is 12.0. The first-order chi connectivity index (χ1) is 13.4. The van der Waals surface area contributed by atoms with Gasteiger partial charge in [0.05, 0.1) is 18.5 Å². The number of hydrogen-bond acceptors (Lipinski definition) is 5. The van der Waals surface area contributed by atoms with Crippen molar-refractivity contribution < 1.29 is 13.2 Å². The number of amides is 1. The Morgan fingerprint density at radius 3 is 2.50 bits per heavy atom. The Balaban J connectivity index is 1.52. The molecular formula is C20H19N3O3S2. The molecule has 8 heteroatoms. The number of aromatic nitrogens is 1. The van der Waals surface area contributed by atoms with Crippen molar-refractivity contribution >= 4 is 39.0 Å². The van der Waals surface area contributed by atoms with Gasteiger partial charge < -0.3 is 5.32 Å². The number of thiazole rings is 1. The zero-order valence-electron chi connectivity index (χ0n) is 15.1. The summed E-state index contributed by atoms with van der Waals surface area (Å²) in [5, 5.41) is 5.65. The average Bonchev–Trinajstić information content (AvgIpc) is 3.14. The molecule has 0 radical (unpaired) electrons. The second-order valence-corrected chi connectivity index (χ2v) is 8.66. The minimum Gasteiger partial charge on any atom is -0.347 e. The lowest BCUT2D eigenvalue weighted by Gasteiger charge is -2.03. The summed E-state index contributed by atoms with van der Waals surface area (Å²) >= 11 is 1.54. The van der Waals surface area contributed by atoms with Crippen molar-refractivity contribution in [3.8, 4) is 10.6 Å². The molecule has 0 aliphatic heterocycles. The molecule has 28 heavy (non-hydrogen) atoms. The van der Waals surface area contributed by atoms with Crippen LogP contribution in [0.15, 0.2) is 66.1 Å². The van der Waals surface area contributed by atoms with Crippen molar-refractivity contribution in [3.05, 3.63) is 77.3 Å². The van der Waals surface area contributed by atoms with Crippen molar-refractivity contribution in [2.24, 2.45) is 0 Å². The molecule has 1 aromatic heterocycles. The zero-order valence-corrected chi connectivity index (χ0v) is 16.8. The zero-order chi connectivity index (χ0) is 20.0. The molecule has 3 rings (SSSR count). The van der Waals surface area contributed by atoms with Gasteiger partial charge in [0.2, 0.25) is 15.9 Å². The quantitative estimate of drug-likeness (QED) is 0.580. The van der Waals surface area contributed by atoms with Crippen LogP contribution in [0.3, 0.4) is 0 Å². The van der Waals surface area contributed by atoms with Gasteiger partial charge in [-0.3, -0.25) is 9.52 Å². The maximum absolute atomic E-state index is 12.0. The lowest BCUT2D eigenvalue weighted by Crippen LogP contribution is -2.20. The van der Waals surface area contributed by atoms with Crippen molar-refractivity contribution in [1.82, 2.24) is 10.3 Å². The smallest absolute Gasteiger partial charge is 0.244 e. The van der Waals surface area contributed by atoms with Crippen molar-refractivity contribution in [1.29, 1.82) is 0 Å². The summed E-state index contributed by atoms with van der Waals surface area (Å²) in [5.74, 6) is -0.229. The van der Waals surface area contributed by atoms with E-state index in [9.17, 15) is 13.2 Å². The third-order valence-corrected chi connectivity index (χ3v) is 5.20. The molecule has 0 unspecified atom stereocenters. The van der Waals surface area contributed by atoms with Gasteiger partial charge >= 0.3 is 0 Å². The van der Waals surface area contributed by atoms with Gasteiger partial charge in [-0.1, -0.05) is 42.5 Å². The van der Waals surface area contributed by atoms with Crippen LogP contribution in [0.4, 0.5) is 5.69 Å². The number of anilines is 1. The predicted octanol–water partition coefficient (Wildman–Crippen LogP) is 3.51. The van der Waals surface area contributed by atoms with E-state index in [1.54, 1.807) is 41.7 Å². The summed E-state index contributed by atoms with van der Waals surface area (Å²) in [6.45, 7) is 0.351. The molecule has 0 saturated carbocycles. The van der Waals surface area contributed by atoms with Crippen LogP contribution >= 0.6 is 11.3 Å². The van der Waals surface area contributed by atoms with E-state index in [-0.39, 0.29) is 5.91 Å². The first-order valence-electron chi connectivity index (χ1n) is 8.43. The highest BCUT2D eigenvalue weighted by Gasteiger charge is 2.05. The summed E-state index contributed by atoms with van der Waals surface area (Å²) in [6, 6.07) is 16.6. The normalized spacial score (nSPS) is 11.5. The van der Waals surface area contributed by atoms with Crippen LogP contribution < -0.4 is 10.0 Å². The van der Waals surface area contributed by atoms with E-state index in [0.29, 0.717) is 12.2 Å². The third-order valence-electron chi connectivity index (χ3n) is 3.66. The highest BCUT2D eigenvalue weighted by atomic mass is 32.2. The molecule has 0 atom stereocenters. The standard InChI is InChI=1S/C20H19N3O3S2/c1-28(25,26)23-17-10-7-15(8-11-17)9-12-19(24)21-13-18-14-27-20(22-18)16-5-3-2-4-6-16/h2-12,14,23H,13H2,1H3,(H,21,24)/b12-9+. The second-order valence-electron chi connectivity index (χ2n) is 6.06. The molecule has 0 aliphatic carbocycles. The Hall–Kier alpha value is -2.97. The van der Waals surface area contributed by atoms with E-state index >= 15 is 0 Å². The molecule has 1 heterocycles. The molecule has 2 N–H and O–H groups in total. The van der Waals surface area contributed by atoms with Crippen LogP contribution in [0.25, 0.3) is 16.6 Å². The lowest BCUT2D eigenvalue weighted by molar-refractivity contribution is -0.116. The van der Waals surface area contributed by atoms with Gasteiger partial charge in [0.1, 0.15) is 5.01 Å². The van der Waals surface area contributed by atoms with Gasteiger partial charge in [0.25, 0.3) is 0 Å². The fourth-order valence-electron chi connectivity index (χ4n) is 2.39. The molecule has 2 aromatic carbocycles. The number of benzene rings is 2. The number of carbonyl (C=O) groups excluding carboxylic acids is 1. The third kappa shape index (κ3) is 6.04. The molecule has 144 valence electrons. The topological polar surface area (TPSA) is 88.2 Å². The highest BCUT2D eigenvalue weighted by molar-refractivity contribution is 7.92. The van der Waals surface area contributed by atoms with Crippen molar-refractivity contribution in [2.75, 3.05) is 11.0 Å². The van der Waals surface area contributed by atoms with Gasteiger partial charge in [-0.25, -0.2) is 13.4 Å². The maximum Gasteiger partial charge on any atom is 0.244 e. The highest BCUT2D eigenvalue weighted by Crippen LogP contribution is 2.23. The summed E-state index contributed by atoms with van der Waals surface area (Å²) < 4.78 is 24.8. The van der Waals surface area contributed by atoms with E-state index in [0.717, 1.165) is 28.1 Å². The number of hydrogen-bond donors (Lipinski definition) is 2. The van der Waals surface area contributed by atoms with E-state index in [1.165, 1.54) is 6.08 Å². The number of nitrogens with one attached hydrogen (secondary N) is 2. The van der Waals surface area contributed by atoms with E-state index in [1.807, 2.05) is 35.7 Å². The summed E-state index contributed by atoms with van der Waals surface area (Å²) in [6.07, 6.45) is 4.19. The molecule has 6 nitrogen and oxygen atoms in total. The van der Waals surface area contributed by atoms with Gasteiger partial charge in [-0.05, 0) is 23.8 Å². The van der Waals surface area contributed by atoms with E-state index in [4.69, 9.17) is 0 Å². The molecular weight excluding hydrogens is 394 g/mol. The average molecular weight is 414 g/mol. The van der Waals surface area contributed by atoms with Crippen LogP contribution in [0.2, 0.25) is 0 Å². The molecule has 0 spiro atoms. The van der Waals surface area contributed by atoms with Gasteiger partial charge in [0, 0.05) is 22.7 Å². The SMILES string of the molecule is CS(=O)(=O)Nc1ccc(/C=C/C(=O)NCc2csc(-c3ccccc3)n2)cc1.